The maximum absolute atomic E-state index is 15.0. The highest BCUT2D eigenvalue weighted by Crippen LogP contribution is 2.30. The van der Waals surface area contributed by atoms with Crippen molar-refractivity contribution in [3.8, 4) is 0 Å². The number of nitrogens with one attached hydrogen (secondary N) is 3. The summed E-state index contributed by atoms with van der Waals surface area (Å²) in [5.74, 6) is -1.96. The van der Waals surface area contributed by atoms with Crippen molar-refractivity contribution in [3.05, 3.63) is 48.3 Å². The summed E-state index contributed by atoms with van der Waals surface area (Å²) in [5, 5.41) is 6.47. The number of hydrogen-bond donors (Lipinski definition) is 3. The SMILES string of the molecule is CCN(CCNN(C)C(=O)Nc1ccncc1)c1c(F)cc(N2C[C@H](CNC(C)=O)OC2=O)cc1F. The Balaban J connectivity index is 1.60. The van der Waals surface area contributed by atoms with E-state index in [0.717, 1.165) is 17.0 Å². The fourth-order valence-electron chi connectivity index (χ4n) is 3.60. The molecule has 0 bridgehead atoms. The smallest absolute Gasteiger partial charge is 0.414 e. The third kappa shape index (κ3) is 6.78. The van der Waals surface area contributed by atoms with Gasteiger partial charge < -0.3 is 20.3 Å². The number of benzene rings is 1. The molecular formula is C23H29F2N7O4. The van der Waals surface area contributed by atoms with Gasteiger partial charge in [0.05, 0.1) is 18.8 Å². The maximum Gasteiger partial charge on any atom is 0.414 e. The second kappa shape index (κ2) is 12.1. The molecule has 0 spiro atoms. The third-order valence-corrected chi connectivity index (χ3v) is 5.43. The molecule has 36 heavy (non-hydrogen) atoms. The predicted molar refractivity (Wildman–Crippen MR) is 130 cm³/mol. The minimum absolute atomic E-state index is 0.0192. The van der Waals surface area contributed by atoms with Crippen LogP contribution < -0.4 is 25.9 Å². The average Bonchev–Trinajstić information content (AvgIpc) is 3.22. The zero-order chi connectivity index (χ0) is 26.2. The molecule has 1 fully saturated rings. The number of halogens is 2. The molecule has 1 aliphatic heterocycles. The van der Waals surface area contributed by atoms with Gasteiger partial charge in [0.15, 0.2) is 11.6 Å². The number of amides is 4. The van der Waals surface area contributed by atoms with Crippen LogP contribution in [0.2, 0.25) is 0 Å². The summed E-state index contributed by atoms with van der Waals surface area (Å²) >= 11 is 0. The molecule has 2 aromatic rings. The summed E-state index contributed by atoms with van der Waals surface area (Å²) in [5.41, 5.74) is 3.24. The Morgan fingerprint density at radius 1 is 1.22 bits per heavy atom. The highest BCUT2D eigenvalue weighted by Gasteiger charge is 2.33. The van der Waals surface area contributed by atoms with Gasteiger partial charge in [-0.25, -0.2) is 23.8 Å². The number of aromatic nitrogens is 1. The maximum atomic E-state index is 15.0. The van der Waals surface area contributed by atoms with E-state index >= 15 is 8.78 Å². The van der Waals surface area contributed by atoms with Crippen molar-refractivity contribution in [2.45, 2.75) is 20.0 Å². The van der Waals surface area contributed by atoms with Gasteiger partial charge in [-0.15, -0.1) is 0 Å². The summed E-state index contributed by atoms with van der Waals surface area (Å²) in [6, 6.07) is 5.02. The number of ether oxygens (including phenoxy) is 1. The van der Waals surface area contributed by atoms with Gasteiger partial charge in [0.2, 0.25) is 5.91 Å². The van der Waals surface area contributed by atoms with Crippen molar-refractivity contribution in [1.29, 1.82) is 0 Å². The van der Waals surface area contributed by atoms with Crippen LogP contribution in [0.15, 0.2) is 36.7 Å². The number of nitrogens with zero attached hydrogens (tertiary/aromatic N) is 4. The van der Waals surface area contributed by atoms with Gasteiger partial charge in [0.1, 0.15) is 11.8 Å². The van der Waals surface area contributed by atoms with E-state index in [9.17, 15) is 14.4 Å². The van der Waals surface area contributed by atoms with Crippen molar-refractivity contribution < 1.29 is 27.9 Å². The van der Waals surface area contributed by atoms with Gasteiger partial charge >= 0.3 is 12.1 Å². The van der Waals surface area contributed by atoms with Crippen LogP contribution in [0.1, 0.15) is 13.8 Å². The number of hydrogen-bond acceptors (Lipinski definition) is 7. The topological polar surface area (TPSA) is 119 Å². The number of urea groups is 1. The standard InChI is InChI=1S/C23H29F2N7O4/c1-4-31(10-9-28-30(3)22(34)29-16-5-7-26-8-6-16)21-19(24)11-17(12-20(21)25)32-14-18(36-23(32)35)13-27-15(2)33/h5-8,11-12,18,28H,4,9-10,13-14H2,1-3H3,(H,27,33)(H,26,29,34)/t18-/m0/s1. The number of pyridine rings is 1. The van der Waals surface area contributed by atoms with Crippen molar-refractivity contribution in [2.24, 2.45) is 0 Å². The van der Waals surface area contributed by atoms with E-state index in [1.54, 1.807) is 31.5 Å². The molecule has 1 aliphatic rings. The van der Waals surface area contributed by atoms with Crippen LogP contribution in [0.25, 0.3) is 0 Å². The van der Waals surface area contributed by atoms with Crippen LogP contribution in [-0.4, -0.2) is 73.9 Å². The molecule has 2 heterocycles. The molecule has 3 rings (SSSR count). The first kappa shape index (κ1) is 26.6. The van der Waals surface area contributed by atoms with E-state index in [1.165, 1.54) is 23.9 Å². The van der Waals surface area contributed by atoms with Crippen LogP contribution >= 0.6 is 0 Å². The summed E-state index contributed by atoms with van der Waals surface area (Å²) in [6.07, 6.45) is 1.72. The van der Waals surface area contributed by atoms with Crippen LogP contribution in [0.3, 0.4) is 0 Å². The molecule has 0 radical (unpaired) electrons. The number of anilines is 3. The van der Waals surface area contributed by atoms with E-state index in [0.29, 0.717) is 12.2 Å². The zero-order valence-corrected chi connectivity index (χ0v) is 20.3. The summed E-state index contributed by atoms with van der Waals surface area (Å²) in [7, 11) is 1.52. The van der Waals surface area contributed by atoms with E-state index in [1.807, 2.05) is 0 Å². The molecule has 0 aliphatic carbocycles. The molecule has 3 N–H and O–H groups in total. The largest absolute Gasteiger partial charge is 0.442 e. The lowest BCUT2D eigenvalue weighted by Crippen LogP contribution is -2.45. The molecule has 11 nitrogen and oxygen atoms in total. The first-order valence-electron chi connectivity index (χ1n) is 11.3. The van der Waals surface area contributed by atoms with Crippen molar-refractivity contribution in [2.75, 3.05) is 54.9 Å². The summed E-state index contributed by atoms with van der Waals surface area (Å²) in [6.45, 7) is 3.95. The summed E-state index contributed by atoms with van der Waals surface area (Å²) in [4.78, 5) is 42.0. The lowest BCUT2D eigenvalue weighted by Gasteiger charge is -2.27. The molecular weight excluding hydrogens is 476 g/mol. The minimum atomic E-state index is -0.839. The van der Waals surface area contributed by atoms with Crippen LogP contribution in [0.5, 0.6) is 0 Å². The van der Waals surface area contributed by atoms with Gasteiger partial charge in [0, 0.05) is 63.8 Å². The molecule has 1 saturated heterocycles. The average molecular weight is 506 g/mol. The predicted octanol–water partition coefficient (Wildman–Crippen LogP) is 2.32. The zero-order valence-electron chi connectivity index (χ0n) is 20.3. The van der Waals surface area contributed by atoms with Gasteiger partial charge in [-0.1, -0.05) is 0 Å². The van der Waals surface area contributed by atoms with E-state index in [2.05, 4.69) is 21.0 Å². The molecule has 4 amide bonds. The van der Waals surface area contributed by atoms with Gasteiger partial charge in [-0.3, -0.25) is 19.7 Å². The Kier molecular flexibility index (Phi) is 8.95. The van der Waals surface area contributed by atoms with Gasteiger partial charge in [0.25, 0.3) is 0 Å². The Bertz CT molecular complexity index is 1070. The number of carbonyl (C=O) groups excluding carboxylic acids is 3. The number of carbonyl (C=O) groups is 3. The van der Waals surface area contributed by atoms with E-state index < -0.39 is 29.9 Å². The second-order valence-electron chi connectivity index (χ2n) is 8.02. The van der Waals surface area contributed by atoms with E-state index in [4.69, 9.17) is 4.74 Å². The monoisotopic (exact) mass is 505 g/mol. The number of cyclic esters (lactones) is 1. The lowest BCUT2D eigenvalue weighted by molar-refractivity contribution is -0.119. The molecule has 0 saturated carbocycles. The minimum Gasteiger partial charge on any atom is -0.442 e. The quantitative estimate of drug-likeness (QED) is 0.424. The van der Waals surface area contributed by atoms with Gasteiger partial charge in [-0.2, -0.15) is 0 Å². The third-order valence-electron chi connectivity index (χ3n) is 5.43. The molecule has 1 aromatic carbocycles. The number of likely N-dealkylation sites (N-methyl/N-ethyl adjacent to an activating group) is 1. The highest BCUT2D eigenvalue weighted by molar-refractivity contribution is 5.90. The van der Waals surface area contributed by atoms with Crippen molar-refractivity contribution in [3.63, 3.8) is 0 Å². The first-order valence-corrected chi connectivity index (χ1v) is 11.3. The fraction of sp³-hybridized carbons (Fsp3) is 0.391. The Hall–Kier alpha value is -4.00. The van der Waals surface area contributed by atoms with Crippen molar-refractivity contribution >= 4 is 35.1 Å². The summed E-state index contributed by atoms with van der Waals surface area (Å²) < 4.78 is 35.2. The molecule has 1 atom stereocenters. The molecule has 0 unspecified atom stereocenters. The fourth-order valence-corrected chi connectivity index (χ4v) is 3.60. The number of rotatable bonds is 10. The Labute approximate surface area is 207 Å². The first-order chi connectivity index (χ1) is 17.2. The molecule has 1 aromatic heterocycles. The Morgan fingerprint density at radius 3 is 2.50 bits per heavy atom. The normalized spacial score (nSPS) is 14.9. The number of hydrazine groups is 1. The van der Waals surface area contributed by atoms with Crippen LogP contribution in [0.4, 0.5) is 35.4 Å². The molecule has 194 valence electrons. The van der Waals surface area contributed by atoms with Crippen LogP contribution in [0, 0.1) is 11.6 Å². The van der Waals surface area contributed by atoms with Gasteiger partial charge in [-0.05, 0) is 19.1 Å². The second-order valence-corrected chi connectivity index (χ2v) is 8.02. The van der Waals surface area contributed by atoms with Crippen molar-refractivity contribution in [1.82, 2.24) is 20.7 Å². The lowest BCUT2D eigenvalue weighted by atomic mass is 10.2. The Morgan fingerprint density at radius 2 is 1.89 bits per heavy atom. The van der Waals surface area contributed by atoms with E-state index in [-0.39, 0.29) is 43.5 Å². The molecule has 13 heteroatoms. The highest BCUT2D eigenvalue weighted by atomic mass is 19.1. The van der Waals surface area contributed by atoms with Crippen LogP contribution in [-0.2, 0) is 9.53 Å².